The van der Waals surface area contributed by atoms with Crippen molar-refractivity contribution in [2.45, 2.75) is 20.4 Å². The van der Waals surface area contributed by atoms with Crippen molar-refractivity contribution in [1.82, 2.24) is 19.7 Å². The number of hydrogen-bond donors (Lipinski definition) is 1. The number of hydrogen-bond acceptors (Lipinski definition) is 4. The molecule has 0 radical (unpaired) electrons. The zero-order chi connectivity index (χ0) is 12.3. The number of amides is 1. The SMILES string of the molecule is Cc1cn(CC(=O)Nc2ncccn2)nc1C. The monoisotopic (exact) mass is 231 g/mol. The molecular formula is C11H13N5O. The van der Waals surface area contributed by atoms with Crippen LogP contribution in [-0.2, 0) is 11.3 Å². The first kappa shape index (κ1) is 11.3. The van der Waals surface area contributed by atoms with Crippen LogP contribution >= 0.6 is 0 Å². The lowest BCUT2D eigenvalue weighted by molar-refractivity contribution is -0.116. The summed E-state index contributed by atoms with van der Waals surface area (Å²) in [5.74, 6) is 0.108. The summed E-state index contributed by atoms with van der Waals surface area (Å²) in [4.78, 5) is 19.5. The van der Waals surface area contributed by atoms with Gasteiger partial charge in [0.25, 0.3) is 0 Å². The predicted molar refractivity (Wildman–Crippen MR) is 62.4 cm³/mol. The van der Waals surface area contributed by atoms with E-state index in [1.54, 1.807) is 23.1 Å². The molecule has 2 aromatic rings. The second-order valence-corrected chi connectivity index (χ2v) is 3.72. The Hall–Kier alpha value is -2.24. The van der Waals surface area contributed by atoms with E-state index in [0.717, 1.165) is 11.3 Å². The van der Waals surface area contributed by atoms with Gasteiger partial charge in [-0.1, -0.05) is 0 Å². The van der Waals surface area contributed by atoms with Gasteiger partial charge in [-0.15, -0.1) is 0 Å². The molecule has 0 aliphatic heterocycles. The van der Waals surface area contributed by atoms with E-state index in [1.807, 2.05) is 20.0 Å². The van der Waals surface area contributed by atoms with Gasteiger partial charge in [0.15, 0.2) is 0 Å². The van der Waals surface area contributed by atoms with Gasteiger partial charge in [-0.05, 0) is 25.5 Å². The normalized spacial score (nSPS) is 10.2. The van der Waals surface area contributed by atoms with Crippen LogP contribution < -0.4 is 5.32 Å². The van der Waals surface area contributed by atoms with Crippen LogP contribution in [0, 0.1) is 13.8 Å². The molecule has 0 saturated carbocycles. The number of aryl methyl sites for hydroxylation is 2. The second kappa shape index (κ2) is 4.73. The van der Waals surface area contributed by atoms with Crippen molar-refractivity contribution in [3.05, 3.63) is 35.9 Å². The van der Waals surface area contributed by atoms with Gasteiger partial charge in [0.05, 0.1) is 5.69 Å². The maximum absolute atomic E-state index is 11.7. The van der Waals surface area contributed by atoms with E-state index in [9.17, 15) is 4.79 Å². The maximum Gasteiger partial charge on any atom is 0.248 e. The topological polar surface area (TPSA) is 72.7 Å². The lowest BCUT2D eigenvalue weighted by atomic mass is 10.3. The first-order chi connectivity index (χ1) is 8.15. The fourth-order valence-corrected chi connectivity index (χ4v) is 1.37. The molecular weight excluding hydrogens is 218 g/mol. The van der Waals surface area contributed by atoms with Crippen LogP contribution in [0.2, 0.25) is 0 Å². The van der Waals surface area contributed by atoms with Gasteiger partial charge in [0, 0.05) is 18.6 Å². The van der Waals surface area contributed by atoms with E-state index in [-0.39, 0.29) is 12.5 Å². The average molecular weight is 231 g/mol. The number of rotatable bonds is 3. The first-order valence-electron chi connectivity index (χ1n) is 5.22. The van der Waals surface area contributed by atoms with Crippen molar-refractivity contribution in [3.8, 4) is 0 Å². The Balaban J connectivity index is 1.98. The van der Waals surface area contributed by atoms with Crippen molar-refractivity contribution in [1.29, 1.82) is 0 Å². The summed E-state index contributed by atoms with van der Waals surface area (Å²) < 4.78 is 1.60. The third-order valence-electron chi connectivity index (χ3n) is 2.31. The molecule has 0 atom stereocenters. The fourth-order valence-electron chi connectivity index (χ4n) is 1.37. The first-order valence-corrected chi connectivity index (χ1v) is 5.22. The smallest absolute Gasteiger partial charge is 0.248 e. The minimum absolute atomic E-state index is 0.160. The highest BCUT2D eigenvalue weighted by Crippen LogP contribution is 2.03. The van der Waals surface area contributed by atoms with Crippen LogP contribution in [-0.4, -0.2) is 25.7 Å². The third kappa shape index (κ3) is 2.87. The molecule has 0 spiro atoms. The van der Waals surface area contributed by atoms with Crippen LogP contribution in [0.25, 0.3) is 0 Å². The molecule has 88 valence electrons. The Morgan fingerprint density at radius 3 is 2.65 bits per heavy atom. The molecule has 0 aromatic carbocycles. The molecule has 0 aliphatic carbocycles. The molecule has 0 unspecified atom stereocenters. The highest BCUT2D eigenvalue weighted by atomic mass is 16.2. The van der Waals surface area contributed by atoms with Crippen molar-refractivity contribution >= 4 is 11.9 Å². The van der Waals surface area contributed by atoms with Gasteiger partial charge in [-0.25, -0.2) is 9.97 Å². The summed E-state index contributed by atoms with van der Waals surface area (Å²) in [5.41, 5.74) is 1.99. The summed E-state index contributed by atoms with van der Waals surface area (Å²) in [6.07, 6.45) is 4.98. The third-order valence-corrected chi connectivity index (χ3v) is 2.31. The molecule has 2 aromatic heterocycles. The fraction of sp³-hybridized carbons (Fsp3) is 0.273. The van der Waals surface area contributed by atoms with Crippen LogP contribution in [0.4, 0.5) is 5.95 Å². The van der Waals surface area contributed by atoms with Crippen LogP contribution in [0.15, 0.2) is 24.7 Å². The van der Waals surface area contributed by atoms with Crippen LogP contribution in [0.3, 0.4) is 0 Å². The minimum atomic E-state index is -0.196. The highest BCUT2D eigenvalue weighted by molar-refractivity contribution is 5.88. The van der Waals surface area contributed by atoms with Crippen molar-refractivity contribution in [3.63, 3.8) is 0 Å². The molecule has 2 heterocycles. The van der Waals surface area contributed by atoms with Gasteiger partial charge in [-0.2, -0.15) is 5.10 Å². The summed E-state index contributed by atoms with van der Waals surface area (Å²) in [5, 5.41) is 6.80. The van der Waals surface area contributed by atoms with Crippen LogP contribution in [0.5, 0.6) is 0 Å². The van der Waals surface area contributed by atoms with Gasteiger partial charge < -0.3 is 0 Å². The Kier molecular flexibility index (Phi) is 3.13. The minimum Gasteiger partial charge on any atom is -0.293 e. The molecule has 0 fully saturated rings. The van der Waals surface area contributed by atoms with E-state index in [0.29, 0.717) is 5.95 Å². The summed E-state index contributed by atoms with van der Waals surface area (Å²) >= 11 is 0. The zero-order valence-electron chi connectivity index (χ0n) is 9.71. The van der Waals surface area contributed by atoms with Crippen LogP contribution in [0.1, 0.15) is 11.3 Å². The lowest BCUT2D eigenvalue weighted by Gasteiger charge is -2.02. The van der Waals surface area contributed by atoms with E-state index >= 15 is 0 Å². The Morgan fingerprint density at radius 1 is 1.35 bits per heavy atom. The number of carbonyl (C=O) groups is 1. The average Bonchev–Trinajstić information content (AvgIpc) is 2.59. The molecule has 6 nitrogen and oxygen atoms in total. The molecule has 0 aliphatic rings. The van der Waals surface area contributed by atoms with E-state index < -0.39 is 0 Å². The van der Waals surface area contributed by atoms with Crippen molar-refractivity contribution in [2.24, 2.45) is 0 Å². The molecule has 17 heavy (non-hydrogen) atoms. The van der Waals surface area contributed by atoms with E-state index in [1.165, 1.54) is 0 Å². The van der Waals surface area contributed by atoms with Gasteiger partial charge >= 0.3 is 0 Å². The molecule has 0 saturated heterocycles. The van der Waals surface area contributed by atoms with Gasteiger partial charge in [-0.3, -0.25) is 14.8 Å². The molecule has 1 amide bonds. The Bertz CT molecular complexity index is 500. The molecule has 0 bridgehead atoms. The second-order valence-electron chi connectivity index (χ2n) is 3.72. The predicted octanol–water partition coefficient (Wildman–Crippen LogP) is 0.929. The summed E-state index contributed by atoms with van der Waals surface area (Å²) in [7, 11) is 0. The number of carbonyl (C=O) groups excluding carboxylic acids is 1. The largest absolute Gasteiger partial charge is 0.293 e. The number of nitrogens with one attached hydrogen (secondary N) is 1. The molecule has 1 N–H and O–H groups in total. The standard InChI is InChI=1S/C11H13N5O/c1-8-6-16(15-9(8)2)7-10(17)14-11-12-4-3-5-13-11/h3-6H,7H2,1-2H3,(H,12,13,14,17). The van der Waals surface area contributed by atoms with E-state index in [2.05, 4.69) is 20.4 Å². The Labute approximate surface area is 98.7 Å². The maximum atomic E-state index is 11.7. The Morgan fingerprint density at radius 2 is 2.06 bits per heavy atom. The van der Waals surface area contributed by atoms with Gasteiger partial charge in [0.1, 0.15) is 6.54 Å². The molecule has 2 rings (SSSR count). The lowest BCUT2D eigenvalue weighted by Crippen LogP contribution is -2.20. The summed E-state index contributed by atoms with van der Waals surface area (Å²) in [6.45, 7) is 4.02. The number of anilines is 1. The zero-order valence-corrected chi connectivity index (χ0v) is 9.71. The highest BCUT2D eigenvalue weighted by Gasteiger charge is 2.07. The quantitative estimate of drug-likeness (QED) is 0.852. The number of aromatic nitrogens is 4. The summed E-state index contributed by atoms with van der Waals surface area (Å²) in [6, 6.07) is 1.69. The number of nitrogens with zero attached hydrogens (tertiary/aromatic N) is 4. The molecule has 6 heteroatoms. The van der Waals surface area contributed by atoms with E-state index in [4.69, 9.17) is 0 Å². The van der Waals surface area contributed by atoms with Crippen molar-refractivity contribution < 1.29 is 4.79 Å². The van der Waals surface area contributed by atoms with Gasteiger partial charge in [0.2, 0.25) is 11.9 Å². The van der Waals surface area contributed by atoms with Crippen molar-refractivity contribution in [2.75, 3.05) is 5.32 Å².